The Morgan fingerprint density at radius 3 is 2.73 bits per heavy atom. The van der Waals surface area contributed by atoms with Crippen LogP contribution in [0.15, 0.2) is 0 Å². The molecule has 0 spiro atoms. The van der Waals surface area contributed by atoms with E-state index in [0.717, 1.165) is 6.42 Å². The lowest BCUT2D eigenvalue weighted by atomic mass is 10.1. The molecule has 0 aromatic rings. The number of carboxylic acid groups (broad SMARTS) is 1. The van der Waals surface area contributed by atoms with Gasteiger partial charge in [0, 0.05) is 13.1 Å². The summed E-state index contributed by atoms with van der Waals surface area (Å²) in [6.07, 6.45) is 2.07. The molecule has 1 rings (SSSR count). The van der Waals surface area contributed by atoms with Gasteiger partial charge in [0.15, 0.2) is 0 Å². The van der Waals surface area contributed by atoms with E-state index >= 15 is 0 Å². The number of hydrogen-bond acceptors (Lipinski definition) is 3. The zero-order chi connectivity index (χ0) is 11.4. The highest BCUT2D eigenvalue weighted by Crippen LogP contribution is 2.17. The standard InChI is InChI=1S/C10H18N2O3/c1-2-3-8(11)9(13)12-5-4-7(6-12)10(14)15/h7-8H,2-6,11H2,1H3,(H,14,15)/t7?,8-/m0/s1. The minimum absolute atomic E-state index is 0.111. The van der Waals surface area contributed by atoms with Gasteiger partial charge in [-0.3, -0.25) is 9.59 Å². The molecule has 86 valence electrons. The lowest BCUT2D eigenvalue weighted by molar-refractivity contribution is -0.141. The molecule has 0 aliphatic carbocycles. The van der Waals surface area contributed by atoms with Crippen molar-refractivity contribution in [2.75, 3.05) is 13.1 Å². The first-order chi connectivity index (χ1) is 7.06. The Kier molecular flexibility index (Phi) is 4.08. The van der Waals surface area contributed by atoms with Crippen LogP contribution in [0.3, 0.4) is 0 Å². The predicted octanol–water partition coefficient (Wildman–Crippen LogP) is 0.0469. The number of rotatable bonds is 4. The van der Waals surface area contributed by atoms with Crippen molar-refractivity contribution in [1.82, 2.24) is 4.90 Å². The largest absolute Gasteiger partial charge is 0.481 e. The van der Waals surface area contributed by atoms with Crippen LogP contribution in [0.4, 0.5) is 0 Å². The molecule has 5 nitrogen and oxygen atoms in total. The molecule has 1 aliphatic heterocycles. The van der Waals surface area contributed by atoms with Crippen molar-refractivity contribution >= 4 is 11.9 Å². The van der Waals surface area contributed by atoms with Gasteiger partial charge in [-0.15, -0.1) is 0 Å². The number of carbonyl (C=O) groups excluding carboxylic acids is 1. The Balaban J connectivity index is 2.46. The number of hydrogen-bond donors (Lipinski definition) is 2. The zero-order valence-electron chi connectivity index (χ0n) is 8.98. The van der Waals surface area contributed by atoms with E-state index in [9.17, 15) is 9.59 Å². The first-order valence-corrected chi connectivity index (χ1v) is 5.33. The summed E-state index contributed by atoms with van der Waals surface area (Å²) in [5, 5.41) is 8.79. The topological polar surface area (TPSA) is 83.6 Å². The summed E-state index contributed by atoms with van der Waals surface area (Å²) in [7, 11) is 0. The number of likely N-dealkylation sites (tertiary alicyclic amines) is 1. The van der Waals surface area contributed by atoms with Crippen LogP contribution in [-0.2, 0) is 9.59 Å². The molecule has 5 heteroatoms. The first kappa shape index (κ1) is 12.0. The van der Waals surface area contributed by atoms with Gasteiger partial charge in [-0.05, 0) is 12.8 Å². The number of amides is 1. The minimum Gasteiger partial charge on any atom is -0.481 e. The molecule has 1 unspecified atom stereocenters. The summed E-state index contributed by atoms with van der Waals surface area (Å²) in [6, 6.07) is -0.470. The highest BCUT2D eigenvalue weighted by molar-refractivity contribution is 5.83. The van der Waals surface area contributed by atoms with E-state index in [-0.39, 0.29) is 5.91 Å². The van der Waals surface area contributed by atoms with Crippen molar-refractivity contribution in [1.29, 1.82) is 0 Å². The van der Waals surface area contributed by atoms with E-state index in [1.54, 1.807) is 4.90 Å². The first-order valence-electron chi connectivity index (χ1n) is 5.33. The van der Waals surface area contributed by atoms with E-state index in [1.165, 1.54) is 0 Å². The second kappa shape index (κ2) is 5.11. The Bertz CT molecular complexity index is 255. The smallest absolute Gasteiger partial charge is 0.308 e. The van der Waals surface area contributed by atoms with Gasteiger partial charge >= 0.3 is 5.97 Å². The van der Waals surface area contributed by atoms with Crippen LogP contribution < -0.4 is 5.73 Å². The van der Waals surface area contributed by atoms with E-state index in [4.69, 9.17) is 10.8 Å². The van der Waals surface area contributed by atoms with E-state index in [1.807, 2.05) is 6.92 Å². The third-order valence-electron chi connectivity index (χ3n) is 2.77. The van der Waals surface area contributed by atoms with E-state index in [2.05, 4.69) is 0 Å². The van der Waals surface area contributed by atoms with Gasteiger partial charge < -0.3 is 15.7 Å². The van der Waals surface area contributed by atoms with Crippen molar-refractivity contribution in [3.63, 3.8) is 0 Å². The van der Waals surface area contributed by atoms with Crippen molar-refractivity contribution in [3.05, 3.63) is 0 Å². The summed E-state index contributed by atoms with van der Waals surface area (Å²) in [5.41, 5.74) is 5.69. The second-order valence-corrected chi connectivity index (χ2v) is 4.00. The molecule has 2 atom stereocenters. The summed E-state index contributed by atoms with van der Waals surface area (Å²) in [6.45, 7) is 2.80. The lowest BCUT2D eigenvalue weighted by Crippen LogP contribution is -2.42. The van der Waals surface area contributed by atoms with E-state index < -0.39 is 17.9 Å². The summed E-state index contributed by atoms with van der Waals surface area (Å²) in [4.78, 5) is 24.0. The van der Waals surface area contributed by atoms with Crippen molar-refractivity contribution < 1.29 is 14.7 Å². The van der Waals surface area contributed by atoms with Gasteiger partial charge in [0.25, 0.3) is 0 Å². The molecule has 15 heavy (non-hydrogen) atoms. The van der Waals surface area contributed by atoms with Crippen LogP contribution >= 0.6 is 0 Å². The van der Waals surface area contributed by atoms with E-state index in [0.29, 0.717) is 25.9 Å². The maximum Gasteiger partial charge on any atom is 0.308 e. The Labute approximate surface area is 89.2 Å². The average molecular weight is 214 g/mol. The maximum absolute atomic E-state index is 11.7. The van der Waals surface area contributed by atoms with Gasteiger partial charge in [-0.1, -0.05) is 13.3 Å². The Hall–Kier alpha value is -1.10. The summed E-state index contributed by atoms with van der Waals surface area (Å²) in [5.74, 6) is -1.35. The van der Waals surface area contributed by atoms with Gasteiger partial charge in [0.1, 0.15) is 0 Å². The third-order valence-corrected chi connectivity index (χ3v) is 2.77. The number of aliphatic carboxylic acids is 1. The zero-order valence-corrected chi connectivity index (χ0v) is 8.98. The van der Waals surface area contributed by atoms with Gasteiger partial charge in [0.05, 0.1) is 12.0 Å². The summed E-state index contributed by atoms with van der Waals surface area (Å²) >= 11 is 0. The monoisotopic (exact) mass is 214 g/mol. The van der Waals surface area contributed by atoms with Crippen LogP contribution in [0.1, 0.15) is 26.2 Å². The summed E-state index contributed by atoms with van der Waals surface area (Å²) < 4.78 is 0. The van der Waals surface area contributed by atoms with Crippen molar-refractivity contribution in [3.8, 4) is 0 Å². The maximum atomic E-state index is 11.7. The second-order valence-electron chi connectivity index (χ2n) is 4.00. The molecule has 0 radical (unpaired) electrons. The molecule has 0 aromatic carbocycles. The number of nitrogens with zero attached hydrogens (tertiary/aromatic N) is 1. The van der Waals surface area contributed by atoms with Crippen LogP contribution in [-0.4, -0.2) is 41.0 Å². The third kappa shape index (κ3) is 2.92. The average Bonchev–Trinajstić information content (AvgIpc) is 2.65. The normalized spacial score (nSPS) is 22.8. The Morgan fingerprint density at radius 1 is 1.60 bits per heavy atom. The van der Waals surface area contributed by atoms with Crippen molar-refractivity contribution in [2.24, 2.45) is 11.7 Å². The molecule has 0 bridgehead atoms. The predicted molar refractivity (Wildman–Crippen MR) is 55.2 cm³/mol. The van der Waals surface area contributed by atoms with Gasteiger partial charge in [-0.2, -0.15) is 0 Å². The molecule has 1 aliphatic rings. The van der Waals surface area contributed by atoms with Crippen LogP contribution in [0, 0.1) is 5.92 Å². The molecule has 1 saturated heterocycles. The fraction of sp³-hybridized carbons (Fsp3) is 0.800. The highest BCUT2D eigenvalue weighted by Gasteiger charge is 2.32. The molecule has 1 amide bonds. The SMILES string of the molecule is CCC[C@H](N)C(=O)N1CCC(C(=O)O)C1. The molecule has 0 saturated carbocycles. The highest BCUT2D eigenvalue weighted by atomic mass is 16.4. The molecule has 0 aromatic heterocycles. The van der Waals surface area contributed by atoms with Crippen LogP contribution in [0.25, 0.3) is 0 Å². The molecular formula is C10H18N2O3. The Morgan fingerprint density at radius 2 is 2.27 bits per heavy atom. The minimum atomic E-state index is -0.825. The number of nitrogens with two attached hydrogens (primary N) is 1. The van der Waals surface area contributed by atoms with Crippen LogP contribution in [0.5, 0.6) is 0 Å². The number of carbonyl (C=O) groups is 2. The van der Waals surface area contributed by atoms with Crippen molar-refractivity contribution in [2.45, 2.75) is 32.2 Å². The quantitative estimate of drug-likeness (QED) is 0.692. The van der Waals surface area contributed by atoms with Gasteiger partial charge in [-0.25, -0.2) is 0 Å². The number of carboxylic acids is 1. The molecule has 1 fully saturated rings. The molecular weight excluding hydrogens is 196 g/mol. The molecule has 1 heterocycles. The molecule has 3 N–H and O–H groups in total. The van der Waals surface area contributed by atoms with Crippen LogP contribution in [0.2, 0.25) is 0 Å². The lowest BCUT2D eigenvalue weighted by Gasteiger charge is -2.20. The van der Waals surface area contributed by atoms with Gasteiger partial charge in [0.2, 0.25) is 5.91 Å². The fourth-order valence-electron chi connectivity index (χ4n) is 1.83. The fourth-order valence-corrected chi connectivity index (χ4v) is 1.83.